The van der Waals surface area contributed by atoms with Crippen LogP contribution in [0.3, 0.4) is 0 Å². The van der Waals surface area contributed by atoms with Gasteiger partial charge in [-0.05, 0) is 66.7 Å². The Bertz CT molecular complexity index is 1470. The summed E-state index contributed by atoms with van der Waals surface area (Å²) in [5.41, 5.74) is 2.15. The molecule has 5 rings (SSSR count). The van der Waals surface area contributed by atoms with Gasteiger partial charge in [0.05, 0.1) is 17.0 Å². The SMILES string of the molecule is O=C(/C=C/c1ccc(-c2cc(Cl)cc(Cl)c2)o1)Nc1ccc(N2CCN(C(=O)c3ccco3)CC2)c(Cl)c1. The molecule has 0 radical (unpaired) electrons. The number of nitrogens with one attached hydrogen (secondary N) is 1. The van der Waals surface area contributed by atoms with Crippen LogP contribution in [-0.4, -0.2) is 42.9 Å². The van der Waals surface area contributed by atoms with Crippen LogP contribution in [0.25, 0.3) is 17.4 Å². The number of piperazine rings is 1. The van der Waals surface area contributed by atoms with E-state index in [4.69, 9.17) is 43.6 Å². The van der Waals surface area contributed by atoms with Crippen LogP contribution in [0.15, 0.2) is 81.8 Å². The molecule has 1 fully saturated rings. The highest BCUT2D eigenvalue weighted by atomic mass is 35.5. The third kappa shape index (κ3) is 6.07. The Morgan fingerprint density at radius 1 is 0.895 bits per heavy atom. The van der Waals surface area contributed by atoms with Gasteiger partial charge in [0.15, 0.2) is 5.76 Å². The number of amides is 2. The van der Waals surface area contributed by atoms with Crippen molar-refractivity contribution < 1.29 is 18.4 Å². The number of hydrogen-bond donors (Lipinski definition) is 1. The van der Waals surface area contributed by atoms with E-state index < -0.39 is 0 Å². The van der Waals surface area contributed by atoms with E-state index in [1.807, 2.05) is 6.07 Å². The maximum Gasteiger partial charge on any atom is 0.289 e. The van der Waals surface area contributed by atoms with Crippen molar-refractivity contribution in [1.29, 1.82) is 0 Å². The Labute approximate surface area is 234 Å². The van der Waals surface area contributed by atoms with Crippen LogP contribution in [-0.2, 0) is 4.79 Å². The molecule has 0 atom stereocenters. The molecule has 0 aliphatic carbocycles. The first-order valence-corrected chi connectivity index (χ1v) is 12.9. The summed E-state index contributed by atoms with van der Waals surface area (Å²) in [7, 11) is 0. The number of anilines is 2. The quantitative estimate of drug-likeness (QED) is 0.250. The normalized spacial score (nSPS) is 13.8. The van der Waals surface area contributed by atoms with Crippen molar-refractivity contribution in [2.45, 2.75) is 0 Å². The van der Waals surface area contributed by atoms with Gasteiger partial charge in [-0.1, -0.05) is 34.8 Å². The molecule has 2 aromatic heterocycles. The number of furan rings is 2. The van der Waals surface area contributed by atoms with Gasteiger partial charge >= 0.3 is 0 Å². The van der Waals surface area contributed by atoms with Crippen molar-refractivity contribution in [3.63, 3.8) is 0 Å². The predicted molar refractivity (Wildman–Crippen MR) is 150 cm³/mol. The van der Waals surface area contributed by atoms with Gasteiger partial charge in [0, 0.05) is 53.6 Å². The summed E-state index contributed by atoms with van der Waals surface area (Å²) < 4.78 is 11.0. The van der Waals surface area contributed by atoms with Crippen molar-refractivity contribution in [1.82, 2.24) is 4.90 Å². The number of nitrogens with zero attached hydrogens (tertiary/aromatic N) is 2. The molecule has 38 heavy (non-hydrogen) atoms. The average molecular weight is 571 g/mol. The first kappa shape index (κ1) is 26.0. The van der Waals surface area contributed by atoms with Gasteiger partial charge in [-0.25, -0.2) is 0 Å². The highest BCUT2D eigenvalue weighted by molar-refractivity contribution is 6.35. The van der Waals surface area contributed by atoms with Crippen molar-refractivity contribution in [2.75, 3.05) is 36.4 Å². The van der Waals surface area contributed by atoms with Crippen LogP contribution in [0.5, 0.6) is 0 Å². The number of benzene rings is 2. The van der Waals surface area contributed by atoms with E-state index in [9.17, 15) is 9.59 Å². The highest BCUT2D eigenvalue weighted by Gasteiger charge is 2.24. The number of carbonyl (C=O) groups excluding carboxylic acids is 2. The fourth-order valence-corrected chi connectivity index (χ4v) is 5.01. The van der Waals surface area contributed by atoms with Crippen molar-refractivity contribution in [2.24, 2.45) is 0 Å². The fraction of sp³-hybridized carbons (Fsp3) is 0.143. The van der Waals surface area contributed by atoms with Gasteiger partial charge in [-0.15, -0.1) is 0 Å². The second kappa shape index (κ2) is 11.4. The maximum atomic E-state index is 12.5. The smallest absolute Gasteiger partial charge is 0.289 e. The van der Waals surface area contributed by atoms with Crippen LogP contribution in [0.1, 0.15) is 16.3 Å². The van der Waals surface area contributed by atoms with Gasteiger partial charge in [0.1, 0.15) is 11.5 Å². The Kier molecular flexibility index (Phi) is 7.79. The zero-order valence-corrected chi connectivity index (χ0v) is 22.3. The van der Waals surface area contributed by atoms with E-state index in [2.05, 4.69) is 10.2 Å². The van der Waals surface area contributed by atoms with Crippen LogP contribution < -0.4 is 10.2 Å². The summed E-state index contributed by atoms with van der Waals surface area (Å²) in [6.07, 6.45) is 4.45. The maximum absolute atomic E-state index is 12.5. The third-order valence-corrected chi connectivity index (χ3v) is 6.77. The molecule has 0 unspecified atom stereocenters. The fourth-order valence-electron chi connectivity index (χ4n) is 4.18. The lowest BCUT2D eigenvalue weighted by Gasteiger charge is -2.36. The highest BCUT2D eigenvalue weighted by Crippen LogP contribution is 2.31. The molecular formula is C28H22Cl3N3O4. The predicted octanol–water partition coefficient (Wildman–Crippen LogP) is 7.11. The molecule has 1 aliphatic heterocycles. The standard InChI is InChI=1S/C28H22Cl3N3O4/c29-19-14-18(15-20(30)16-19)25-7-4-22(38-25)5-8-27(35)32-21-3-6-24(23(31)17-21)33-9-11-34(12-10-33)28(36)26-2-1-13-37-26/h1-8,13-17H,9-12H2,(H,32,35)/b8-5+. The molecule has 3 heterocycles. The molecule has 194 valence electrons. The molecule has 10 heteroatoms. The molecule has 4 aromatic rings. The summed E-state index contributed by atoms with van der Waals surface area (Å²) in [5, 5.41) is 4.33. The molecule has 2 aromatic carbocycles. The van der Waals surface area contributed by atoms with Gasteiger partial charge in [-0.2, -0.15) is 0 Å². The van der Waals surface area contributed by atoms with E-state index in [-0.39, 0.29) is 11.8 Å². The van der Waals surface area contributed by atoms with E-state index in [1.54, 1.807) is 65.6 Å². The van der Waals surface area contributed by atoms with Crippen LogP contribution >= 0.6 is 34.8 Å². The second-order valence-electron chi connectivity index (χ2n) is 8.61. The van der Waals surface area contributed by atoms with Gasteiger partial charge in [0.2, 0.25) is 5.91 Å². The Hall–Kier alpha value is -3.65. The zero-order valence-electron chi connectivity index (χ0n) is 20.0. The molecule has 0 spiro atoms. The van der Waals surface area contributed by atoms with Gasteiger partial charge in [0.25, 0.3) is 5.91 Å². The van der Waals surface area contributed by atoms with Crippen molar-refractivity contribution >= 4 is 64.1 Å². The minimum absolute atomic E-state index is 0.119. The summed E-state index contributed by atoms with van der Waals surface area (Å²) in [5.74, 6) is 0.977. The van der Waals surface area contributed by atoms with Gasteiger partial charge in [-0.3, -0.25) is 9.59 Å². The lowest BCUT2D eigenvalue weighted by molar-refractivity contribution is -0.111. The van der Waals surface area contributed by atoms with Gasteiger partial charge < -0.3 is 24.0 Å². The van der Waals surface area contributed by atoms with E-state index in [0.29, 0.717) is 64.2 Å². The Morgan fingerprint density at radius 3 is 2.34 bits per heavy atom. The van der Waals surface area contributed by atoms with Crippen LogP contribution in [0.4, 0.5) is 11.4 Å². The zero-order chi connectivity index (χ0) is 26.6. The summed E-state index contributed by atoms with van der Waals surface area (Å²) in [6.45, 7) is 2.37. The number of rotatable bonds is 6. The summed E-state index contributed by atoms with van der Waals surface area (Å²) in [6, 6.07) is 17.4. The van der Waals surface area contributed by atoms with E-state index >= 15 is 0 Å². The topological polar surface area (TPSA) is 78.9 Å². The van der Waals surface area contributed by atoms with Crippen molar-refractivity contribution in [3.05, 3.63) is 99.6 Å². The minimum Gasteiger partial charge on any atom is -0.459 e. The summed E-state index contributed by atoms with van der Waals surface area (Å²) in [4.78, 5) is 28.8. The molecule has 2 amide bonds. The van der Waals surface area contributed by atoms with E-state index in [1.165, 1.54) is 12.3 Å². The van der Waals surface area contributed by atoms with Crippen LogP contribution in [0, 0.1) is 0 Å². The second-order valence-corrected chi connectivity index (χ2v) is 9.89. The lowest BCUT2D eigenvalue weighted by atomic mass is 10.2. The number of hydrogen-bond acceptors (Lipinski definition) is 5. The number of halogens is 3. The average Bonchev–Trinajstić information content (AvgIpc) is 3.60. The van der Waals surface area contributed by atoms with E-state index in [0.717, 1.165) is 11.3 Å². The third-order valence-electron chi connectivity index (χ3n) is 6.03. The molecule has 1 saturated heterocycles. The van der Waals surface area contributed by atoms with Crippen molar-refractivity contribution in [3.8, 4) is 11.3 Å². The minimum atomic E-state index is -0.331. The Balaban J connectivity index is 1.17. The molecule has 7 nitrogen and oxygen atoms in total. The lowest BCUT2D eigenvalue weighted by Crippen LogP contribution is -2.48. The monoisotopic (exact) mass is 569 g/mol. The summed E-state index contributed by atoms with van der Waals surface area (Å²) >= 11 is 18.7. The molecule has 1 N–H and O–H groups in total. The first-order chi connectivity index (χ1) is 18.4. The van der Waals surface area contributed by atoms with Crippen LogP contribution in [0.2, 0.25) is 15.1 Å². The molecule has 0 bridgehead atoms. The largest absolute Gasteiger partial charge is 0.459 e. The number of carbonyl (C=O) groups is 2. The molecular weight excluding hydrogens is 549 g/mol. The first-order valence-electron chi connectivity index (χ1n) is 11.8. The molecule has 1 aliphatic rings. The molecule has 0 saturated carbocycles. The Morgan fingerprint density at radius 2 is 1.66 bits per heavy atom.